The summed E-state index contributed by atoms with van der Waals surface area (Å²) in [6, 6.07) is 10.7. The van der Waals surface area contributed by atoms with Crippen molar-refractivity contribution in [3.63, 3.8) is 0 Å². The topological polar surface area (TPSA) is 100 Å². The molecule has 29 heavy (non-hydrogen) atoms. The Hall–Kier alpha value is -2.61. The molecular weight excluding hydrogens is 364 g/mol. The lowest BCUT2D eigenvalue weighted by molar-refractivity contribution is 0.196. The first kappa shape index (κ1) is 19.7. The van der Waals surface area contributed by atoms with Crippen LogP contribution in [0, 0.1) is 0 Å². The van der Waals surface area contributed by atoms with Crippen molar-refractivity contribution in [2.75, 3.05) is 38.5 Å². The number of nitrogens with zero attached hydrogens (tertiary/aromatic N) is 4. The molecular formula is C22H28N6O. The number of nitrogens with two attached hydrogens (primary N) is 1. The van der Waals surface area contributed by atoms with Crippen molar-refractivity contribution in [2.24, 2.45) is 5.73 Å². The molecule has 3 heterocycles. The van der Waals surface area contributed by atoms with Gasteiger partial charge in [-0.1, -0.05) is 24.3 Å². The fourth-order valence-electron chi connectivity index (χ4n) is 3.81. The number of aliphatic hydroxyl groups excluding tert-OH is 1. The second-order valence-corrected chi connectivity index (χ2v) is 7.75. The van der Waals surface area contributed by atoms with Gasteiger partial charge in [-0.15, -0.1) is 0 Å². The minimum atomic E-state index is -0.638. The third kappa shape index (κ3) is 4.53. The van der Waals surface area contributed by atoms with Crippen LogP contribution in [0.3, 0.4) is 0 Å². The number of benzene rings is 1. The first-order valence-corrected chi connectivity index (χ1v) is 10.2. The minimum absolute atomic E-state index is 0.189. The van der Waals surface area contributed by atoms with Gasteiger partial charge in [0, 0.05) is 31.0 Å². The number of hydrogen-bond donors (Lipinski definition) is 3. The number of hydrogen-bond acceptors (Lipinski definition) is 7. The van der Waals surface area contributed by atoms with Crippen LogP contribution < -0.4 is 11.1 Å². The summed E-state index contributed by atoms with van der Waals surface area (Å²) in [5, 5.41) is 13.0. The van der Waals surface area contributed by atoms with Gasteiger partial charge >= 0.3 is 0 Å². The fraction of sp³-hybridized carbons (Fsp3) is 0.409. The van der Waals surface area contributed by atoms with Gasteiger partial charge in [-0.3, -0.25) is 4.98 Å². The predicted octanol–water partition coefficient (Wildman–Crippen LogP) is 2.23. The Kier molecular flexibility index (Phi) is 5.99. The van der Waals surface area contributed by atoms with Crippen molar-refractivity contribution in [1.82, 2.24) is 19.9 Å². The number of aliphatic hydroxyl groups is 1. The number of pyridine rings is 1. The van der Waals surface area contributed by atoms with E-state index in [1.807, 2.05) is 6.07 Å². The first-order valence-electron chi connectivity index (χ1n) is 10.2. The number of piperidine rings is 1. The third-order valence-corrected chi connectivity index (χ3v) is 5.63. The van der Waals surface area contributed by atoms with Gasteiger partial charge in [-0.05, 0) is 50.5 Å². The molecule has 3 aromatic rings. The lowest BCUT2D eigenvalue weighted by Gasteiger charge is -2.29. The number of aromatic nitrogens is 3. The summed E-state index contributed by atoms with van der Waals surface area (Å²) in [6.07, 6.45) is 5.09. The van der Waals surface area contributed by atoms with Gasteiger partial charge in [0.1, 0.15) is 5.52 Å². The van der Waals surface area contributed by atoms with Crippen LogP contribution in [0.15, 0.2) is 42.7 Å². The average molecular weight is 393 g/mol. The highest BCUT2D eigenvalue weighted by molar-refractivity contribution is 5.88. The van der Waals surface area contributed by atoms with Crippen molar-refractivity contribution in [3.05, 3.63) is 48.3 Å². The molecule has 1 aliphatic heterocycles. The Balaban J connectivity index is 1.61. The number of fused-ring (bicyclic) bond motifs is 1. The maximum absolute atomic E-state index is 9.79. The Labute approximate surface area is 171 Å². The van der Waals surface area contributed by atoms with Crippen LogP contribution in [0.5, 0.6) is 0 Å². The zero-order valence-corrected chi connectivity index (χ0v) is 16.8. The summed E-state index contributed by atoms with van der Waals surface area (Å²) in [7, 11) is 2.19. The van der Waals surface area contributed by atoms with Crippen molar-refractivity contribution in [3.8, 4) is 11.3 Å². The molecule has 0 spiro atoms. The average Bonchev–Trinajstić information content (AvgIpc) is 2.77. The van der Waals surface area contributed by atoms with Gasteiger partial charge in [0.2, 0.25) is 0 Å². The molecule has 7 nitrogen and oxygen atoms in total. The number of anilines is 1. The smallest absolute Gasteiger partial charge is 0.154 e. The molecule has 7 heteroatoms. The lowest BCUT2D eigenvalue weighted by atomic mass is 9.89. The Bertz CT molecular complexity index is 953. The van der Waals surface area contributed by atoms with E-state index in [1.165, 1.54) is 18.4 Å². The Morgan fingerprint density at radius 3 is 2.62 bits per heavy atom. The van der Waals surface area contributed by atoms with Gasteiger partial charge in [0.15, 0.2) is 5.82 Å². The molecule has 1 saturated heterocycles. The van der Waals surface area contributed by atoms with Gasteiger partial charge in [-0.25, -0.2) is 9.97 Å². The van der Waals surface area contributed by atoms with E-state index in [9.17, 15) is 5.11 Å². The Morgan fingerprint density at radius 2 is 1.90 bits per heavy atom. The van der Waals surface area contributed by atoms with Crippen LogP contribution in [0.1, 0.15) is 24.3 Å². The summed E-state index contributed by atoms with van der Waals surface area (Å²) < 4.78 is 0. The van der Waals surface area contributed by atoms with Crippen LogP contribution in [0.25, 0.3) is 22.3 Å². The molecule has 4 N–H and O–H groups in total. The monoisotopic (exact) mass is 392 g/mol. The second-order valence-electron chi connectivity index (χ2n) is 7.75. The first-order chi connectivity index (χ1) is 14.1. The lowest BCUT2D eigenvalue weighted by Crippen LogP contribution is -2.29. The van der Waals surface area contributed by atoms with E-state index >= 15 is 0 Å². The van der Waals surface area contributed by atoms with Crippen LogP contribution >= 0.6 is 0 Å². The fourth-order valence-corrected chi connectivity index (χ4v) is 3.81. The summed E-state index contributed by atoms with van der Waals surface area (Å²) in [5.74, 6) is 1.24. The summed E-state index contributed by atoms with van der Waals surface area (Å²) in [5.41, 5.74) is 10.2. The van der Waals surface area contributed by atoms with E-state index in [-0.39, 0.29) is 6.54 Å². The largest absolute Gasteiger partial charge is 0.390 e. The molecule has 1 fully saturated rings. The van der Waals surface area contributed by atoms with Crippen LogP contribution in [-0.4, -0.2) is 64.3 Å². The van der Waals surface area contributed by atoms with Crippen molar-refractivity contribution < 1.29 is 5.11 Å². The van der Waals surface area contributed by atoms with E-state index in [4.69, 9.17) is 10.7 Å². The van der Waals surface area contributed by atoms with Gasteiger partial charge in [0.05, 0.1) is 17.3 Å². The highest BCUT2D eigenvalue weighted by Crippen LogP contribution is 2.30. The van der Waals surface area contributed by atoms with Crippen LogP contribution in [0.2, 0.25) is 0 Å². The van der Waals surface area contributed by atoms with E-state index < -0.39 is 6.10 Å². The summed E-state index contributed by atoms with van der Waals surface area (Å²) >= 11 is 0. The molecule has 1 aromatic carbocycles. The van der Waals surface area contributed by atoms with E-state index in [2.05, 4.69) is 51.5 Å². The van der Waals surface area contributed by atoms with Gasteiger partial charge in [-0.2, -0.15) is 0 Å². The maximum Gasteiger partial charge on any atom is 0.154 e. The molecule has 0 bridgehead atoms. The normalized spacial score (nSPS) is 16.8. The summed E-state index contributed by atoms with van der Waals surface area (Å²) in [6.45, 7) is 2.81. The number of likely N-dealkylation sites (tertiary alicyclic amines) is 1. The highest BCUT2D eigenvalue weighted by atomic mass is 16.3. The second kappa shape index (κ2) is 8.82. The molecule has 0 aliphatic carbocycles. The van der Waals surface area contributed by atoms with Crippen LogP contribution in [-0.2, 0) is 0 Å². The molecule has 0 saturated carbocycles. The quantitative estimate of drug-likeness (QED) is 0.591. The minimum Gasteiger partial charge on any atom is -0.390 e. The molecule has 4 rings (SSSR count). The van der Waals surface area contributed by atoms with E-state index in [1.54, 1.807) is 12.4 Å². The predicted molar refractivity (Wildman–Crippen MR) is 116 cm³/mol. The molecule has 2 aromatic heterocycles. The number of rotatable bonds is 6. The molecule has 1 atom stereocenters. The highest BCUT2D eigenvalue weighted by Gasteiger charge is 2.18. The maximum atomic E-state index is 9.79. The van der Waals surface area contributed by atoms with E-state index in [0.717, 1.165) is 29.9 Å². The molecule has 152 valence electrons. The third-order valence-electron chi connectivity index (χ3n) is 5.63. The molecule has 0 radical (unpaired) electrons. The molecule has 1 unspecified atom stereocenters. The van der Waals surface area contributed by atoms with Gasteiger partial charge in [0.25, 0.3) is 0 Å². The Morgan fingerprint density at radius 1 is 1.17 bits per heavy atom. The molecule has 1 aliphatic rings. The van der Waals surface area contributed by atoms with E-state index in [0.29, 0.717) is 23.8 Å². The summed E-state index contributed by atoms with van der Waals surface area (Å²) in [4.78, 5) is 16.0. The van der Waals surface area contributed by atoms with Crippen LogP contribution in [0.4, 0.5) is 5.82 Å². The SMILES string of the molecule is CN1CCC(c2ccc(-c3cc4nccnc4c(NCC(O)CN)n3)cc2)CC1. The van der Waals surface area contributed by atoms with Crippen molar-refractivity contribution in [1.29, 1.82) is 0 Å². The standard InChI is InChI=1S/C22H28N6O/c1-28-10-6-16(7-11-28)15-2-4-17(5-3-15)19-12-20-21(25-9-8-24-20)22(27-19)26-14-18(29)13-23/h2-5,8-9,12,16,18,29H,6-7,10-11,13-14,23H2,1H3,(H,26,27). The van der Waals surface area contributed by atoms with Crippen molar-refractivity contribution in [2.45, 2.75) is 24.9 Å². The zero-order chi connectivity index (χ0) is 20.2. The molecule has 0 amide bonds. The zero-order valence-electron chi connectivity index (χ0n) is 16.8. The van der Waals surface area contributed by atoms with Crippen molar-refractivity contribution >= 4 is 16.9 Å². The van der Waals surface area contributed by atoms with Gasteiger partial charge < -0.3 is 21.1 Å². The number of nitrogens with one attached hydrogen (secondary N) is 1.